The van der Waals surface area contributed by atoms with Gasteiger partial charge in [-0.2, -0.15) is 0 Å². The third-order valence-corrected chi connectivity index (χ3v) is 6.24. The van der Waals surface area contributed by atoms with Gasteiger partial charge >= 0.3 is 5.69 Å². The van der Waals surface area contributed by atoms with Crippen molar-refractivity contribution >= 4 is 17.1 Å². The third-order valence-electron chi connectivity index (χ3n) is 6.24. The molecular weight excluding hydrogens is 380 g/mol. The normalized spacial score (nSPS) is 23.1. The van der Waals surface area contributed by atoms with E-state index in [2.05, 4.69) is 20.8 Å². The summed E-state index contributed by atoms with van der Waals surface area (Å²) >= 11 is 0. The molecule has 164 valence electrons. The second kappa shape index (κ2) is 8.17. The van der Waals surface area contributed by atoms with E-state index >= 15 is 0 Å². The first kappa shape index (κ1) is 21.1. The maximum Gasteiger partial charge on any atom is 0.330 e. The zero-order valence-electron chi connectivity index (χ0n) is 18.7. The molecule has 0 radical (unpaired) electrons. The molecule has 2 aromatic rings. The first-order valence-corrected chi connectivity index (χ1v) is 11.2. The smallest absolute Gasteiger partial charge is 0.330 e. The minimum atomic E-state index is -0.278. The fourth-order valence-electron chi connectivity index (χ4n) is 4.70. The van der Waals surface area contributed by atoms with E-state index in [1.54, 1.807) is 11.6 Å². The third kappa shape index (κ3) is 4.17. The molecule has 0 bridgehead atoms. The maximum atomic E-state index is 12.9. The molecule has 2 saturated heterocycles. The molecular formula is C23H34N4O3. The van der Waals surface area contributed by atoms with Gasteiger partial charge in [-0.25, -0.2) is 9.78 Å². The van der Waals surface area contributed by atoms with Gasteiger partial charge in [-0.1, -0.05) is 20.8 Å². The number of amides is 1. The number of hydrogen-bond donors (Lipinski definition) is 0. The highest BCUT2D eigenvalue weighted by atomic mass is 16.5. The molecule has 2 unspecified atom stereocenters. The molecule has 0 spiro atoms. The van der Waals surface area contributed by atoms with Gasteiger partial charge < -0.3 is 9.64 Å². The number of fused-ring (bicyclic) bond motifs is 1. The van der Waals surface area contributed by atoms with Crippen LogP contribution in [0.1, 0.15) is 64.5 Å². The largest absolute Gasteiger partial charge is 0.368 e. The number of nitrogens with zero attached hydrogens (tertiary/aromatic N) is 4. The summed E-state index contributed by atoms with van der Waals surface area (Å²) < 4.78 is 9.18. The molecule has 7 nitrogen and oxygen atoms in total. The van der Waals surface area contributed by atoms with Crippen molar-refractivity contribution in [3.63, 3.8) is 0 Å². The van der Waals surface area contributed by atoms with E-state index in [0.29, 0.717) is 19.7 Å². The number of aromatic nitrogens is 3. The van der Waals surface area contributed by atoms with Crippen molar-refractivity contribution in [2.45, 2.75) is 71.4 Å². The lowest BCUT2D eigenvalue weighted by Gasteiger charge is -2.35. The van der Waals surface area contributed by atoms with Crippen LogP contribution in [0.2, 0.25) is 0 Å². The zero-order valence-corrected chi connectivity index (χ0v) is 18.7. The van der Waals surface area contributed by atoms with Crippen LogP contribution in [0.15, 0.2) is 16.9 Å². The van der Waals surface area contributed by atoms with Gasteiger partial charge in [0, 0.05) is 44.9 Å². The monoisotopic (exact) mass is 414 g/mol. The molecule has 2 aliphatic rings. The number of hydrogen-bond acceptors (Lipinski definition) is 4. The molecule has 7 heteroatoms. The fourth-order valence-corrected chi connectivity index (χ4v) is 4.70. The van der Waals surface area contributed by atoms with E-state index in [0.717, 1.165) is 55.5 Å². The van der Waals surface area contributed by atoms with E-state index in [4.69, 9.17) is 9.72 Å². The first-order valence-electron chi connectivity index (χ1n) is 11.2. The van der Waals surface area contributed by atoms with Gasteiger partial charge in [-0.3, -0.25) is 13.9 Å². The molecule has 0 aromatic carbocycles. The number of rotatable bonds is 3. The summed E-state index contributed by atoms with van der Waals surface area (Å²) in [5, 5.41) is 0. The molecule has 30 heavy (non-hydrogen) atoms. The predicted octanol–water partition coefficient (Wildman–Crippen LogP) is 3.06. The van der Waals surface area contributed by atoms with Crippen LogP contribution in [0.5, 0.6) is 0 Å². The molecule has 2 atom stereocenters. The number of pyridine rings is 1. The molecule has 4 heterocycles. The summed E-state index contributed by atoms with van der Waals surface area (Å²) in [6.45, 7) is 9.19. The number of likely N-dealkylation sites (tertiary alicyclic amines) is 1. The highest BCUT2D eigenvalue weighted by Crippen LogP contribution is 2.29. The van der Waals surface area contributed by atoms with Crippen LogP contribution in [-0.4, -0.2) is 50.7 Å². The second-order valence-corrected chi connectivity index (χ2v) is 10.0. The zero-order chi connectivity index (χ0) is 21.5. The number of carbonyl (C=O) groups is 1. The Kier molecular flexibility index (Phi) is 5.75. The van der Waals surface area contributed by atoms with E-state index in [1.165, 1.54) is 0 Å². The Labute approximate surface area is 178 Å². The quantitative estimate of drug-likeness (QED) is 0.774. The van der Waals surface area contributed by atoms with Crippen LogP contribution in [0.3, 0.4) is 0 Å². The van der Waals surface area contributed by atoms with Gasteiger partial charge in [0.2, 0.25) is 0 Å². The molecule has 2 aromatic heterocycles. The molecule has 0 saturated carbocycles. The lowest BCUT2D eigenvalue weighted by molar-refractivity contribution is -0.147. The minimum Gasteiger partial charge on any atom is -0.368 e. The topological polar surface area (TPSA) is 69.4 Å². The Morgan fingerprint density at radius 1 is 1.20 bits per heavy atom. The van der Waals surface area contributed by atoms with Crippen LogP contribution >= 0.6 is 0 Å². The summed E-state index contributed by atoms with van der Waals surface area (Å²) in [6, 6.07) is 4.06. The van der Waals surface area contributed by atoms with Crippen molar-refractivity contribution in [3.8, 4) is 0 Å². The Balaban J connectivity index is 1.57. The summed E-state index contributed by atoms with van der Waals surface area (Å²) in [5.74, 6) is 0.320. The van der Waals surface area contributed by atoms with Crippen LogP contribution < -0.4 is 5.69 Å². The maximum absolute atomic E-state index is 12.9. The Bertz CT molecular complexity index is 979. The second-order valence-electron chi connectivity index (χ2n) is 10.0. The van der Waals surface area contributed by atoms with Crippen molar-refractivity contribution in [1.29, 1.82) is 0 Å². The SMILES string of the molecule is Cn1c(=O)n(CC(C)(C)C)c2ccc(C3CCCN(C(=O)C4CCCCO4)C3)nc21. The van der Waals surface area contributed by atoms with Gasteiger partial charge in [-0.05, 0) is 49.7 Å². The number of aryl methyl sites for hydroxylation is 1. The number of imidazole rings is 1. The lowest BCUT2D eigenvalue weighted by atomic mass is 9.93. The van der Waals surface area contributed by atoms with Crippen molar-refractivity contribution in [2.75, 3.05) is 19.7 Å². The number of piperidine rings is 1. The fraction of sp³-hybridized carbons (Fsp3) is 0.696. The number of carbonyl (C=O) groups excluding carboxylic acids is 1. The van der Waals surface area contributed by atoms with Gasteiger partial charge in [0.05, 0.1) is 5.52 Å². The molecule has 1 amide bonds. The van der Waals surface area contributed by atoms with E-state index in [1.807, 2.05) is 21.6 Å². The summed E-state index contributed by atoms with van der Waals surface area (Å²) in [6.07, 6.45) is 4.63. The minimum absolute atomic E-state index is 0.00219. The van der Waals surface area contributed by atoms with Crippen molar-refractivity contribution < 1.29 is 9.53 Å². The van der Waals surface area contributed by atoms with E-state index < -0.39 is 0 Å². The van der Waals surface area contributed by atoms with Crippen molar-refractivity contribution in [2.24, 2.45) is 12.5 Å². The van der Waals surface area contributed by atoms with E-state index in [9.17, 15) is 9.59 Å². The molecule has 2 fully saturated rings. The Morgan fingerprint density at radius 3 is 2.70 bits per heavy atom. The molecule has 2 aliphatic heterocycles. The average Bonchev–Trinajstić information content (AvgIpc) is 2.97. The van der Waals surface area contributed by atoms with Crippen LogP contribution in [0, 0.1) is 5.41 Å². The van der Waals surface area contributed by atoms with E-state index in [-0.39, 0.29) is 29.0 Å². The summed E-state index contributed by atoms with van der Waals surface area (Å²) in [4.78, 5) is 32.5. The molecule has 0 N–H and O–H groups in total. The van der Waals surface area contributed by atoms with Gasteiger partial charge in [0.15, 0.2) is 5.65 Å². The standard InChI is InChI=1S/C23H34N4O3/c1-23(2,3)15-27-18-11-10-17(24-20(18)25(4)22(27)29)16-8-7-12-26(14-16)21(28)19-9-5-6-13-30-19/h10-11,16,19H,5-9,12-15H2,1-4H3. The highest BCUT2D eigenvalue weighted by Gasteiger charge is 2.32. The first-order chi connectivity index (χ1) is 14.2. The molecule has 4 rings (SSSR count). The highest BCUT2D eigenvalue weighted by molar-refractivity contribution is 5.81. The Hall–Kier alpha value is -2.15. The summed E-state index contributed by atoms with van der Waals surface area (Å²) in [5.41, 5.74) is 2.54. The Morgan fingerprint density at radius 2 is 2.00 bits per heavy atom. The predicted molar refractivity (Wildman–Crippen MR) is 117 cm³/mol. The van der Waals surface area contributed by atoms with Crippen LogP contribution in [-0.2, 0) is 23.1 Å². The molecule has 0 aliphatic carbocycles. The van der Waals surface area contributed by atoms with Crippen molar-refractivity contribution in [1.82, 2.24) is 19.0 Å². The van der Waals surface area contributed by atoms with Crippen LogP contribution in [0.4, 0.5) is 0 Å². The van der Waals surface area contributed by atoms with Gasteiger partial charge in [0.25, 0.3) is 5.91 Å². The average molecular weight is 415 g/mol. The van der Waals surface area contributed by atoms with Gasteiger partial charge in [-0.15, -0.1) is 0 Å². The van der Waals surface area contributed by atoms with Gasteiger partial charge in [0.1, 0.15) is 6.10 Å². The number of ether oxygens (including phenoxy) is 1. The van der Waals surface area contributed by atoms with Crippen LogP contribution in [0.25, 0.3) is 11.2 Å². The van der Waals surface area contributed by atoms with Crippen molar-refractivity contribution in [3.05, 3.63) is 28.3 Å². The lowest BCUT2D eigenvalue weighted by Crippen LogP contribution is -2.46. The summed E-state index contributed by atoms with van der Waals surface area (Å²) in [7, 11) is 1.79.